The highest BCUT2D eigenvalue weighted by Gasteiger charge is 2.23. The number of fused-ring (bicyclic) bond motifs is 1. The minimum absolute atomic E-state index is 0.111. The van der Waals surface area contributed by atoms with Crippen LogP contribution in [0.25, 0.3) is 0 Å². The molecule has 2 aromatic rings. The molecular formula is C20H22BrN3O. The zero-order chi connectivity index (χ0) is 17.4. The van der Waals surface area contributed by atoms with Crippen molar-refractivity contribution in [2.75, 3.05) is 18.0 Å². The normalized spacial score (nSPS) is 17.7. The van der Waals surface area contributed by atoms with E-state index in [0.717, 1.165) is 55.2 Å². The molecule has 25 heavy (non-hydrogen) atoms. The Bertz CT molecular complexity index is 782. The number of rotatable bonds is 2. The van der Waals surface area contributed by atoms with Crippen molar-refractivity contribution in [3.8, 4) is 0 Å². The smallest absolute Gasteiger partial charge is 0.255 e. The van der Waals surface area contributed by atoms with Crippen molar-refractivity contribution < 1.29 is 4.79 Å². The van der Waals surface area contributed by atoms with Crippen LogP contribution in [0.4, 0.5) is 5.82 Å². The fourth-order valence-electron chi connectivity index (χ4n) is 3.62. The van der Waals surface area contributed by atoms with E-state index in [1.165, 1.54) is 11.1 Å². The summed E-state index contributed by atoms with van der Waals surface area (Å²) in [4.78, 5) is 21.4. The molecule has 3 heterocycles. The second-order valence-electron chi connectivity index (χ2n) is 7.15. The van der Waals surface area contributed by atoms with Gasteiger partial charge in [-0.2, -0.15) is 0 Å². The number of hydrogen-bond acceptors (Lipinski definition) is 3. The number of anilines is 1. The van der Waals surface area contributed by atoms with Crippen LogP contribution in [0.3, 0.4) is 0 Å². The van der Waals surface area contributed by atoms with Crippen LogP contribution in [0, 0.1) is 5.92 Å². The second-order valence-corrected chi connectivity index (χ2v) is 8.06. The maximum Gasteiger partial charge on any atom is 0.255 e. The molecular weight excluding hydrogens is 378 g/mol. The molecule has 1 saturated heterocycles. The van der Waals surface area contributed by atoms with E-state index in [2.05, 4.69) is 50.9 Å². The largest absolute Gasteiger partial charge is 0.348 e. The first-order valence-corrected chi connectivity index (χ1v) is 9.67. The number of aromatic nitrogens is 1. The lowest BCUT2D eigenvalue weighted by Crippen LogP contribution is -2.37. The number of carbonyl (C=O) groups excluding carboxylic acids is 1. The van der Waals surface area contributed by atoms with Gasteiger partial charge in [0, 0.05) is 36.8 Å². The zero-order valence-corrected chi connectivity index (χ0v) is 16.0. The molecule has 0 radical (unpaired) electrons. The molecule has 1 fully saturated rings. The highest BCUT2D eigenvalue weighted by Crippen LogP contribution is 2.29. The van der Waals surface area contributed by atoms with Crippen molar-refractivity contribution in [2.24, 2.45) is 5.92 Å². The Morgan fingerprint density at radius 2 is 1.88 bits per heavy atom. The number of hydrogen-bond donors (Lipinski definition) is 0. The molecule has 0 N–H and O–H groups in total. The Labute approximate surface area is 157 Å². The van der Waals surface area contributed by atoms with Crippen LogP contribution < -0.4 is 4.90 Å². The molecule has 0 saturated carbocycles. The van der Waals surface area contributed by atoms with Crippen molar-refractivity contribution in [1.29, 1.82) is 0 Å². The summed E-state index contributed by atoms with van der Waals surface area (Å²) < 4.78 is 1.11. The summed E-state index contributed by atoms with van der Waals surface area (Å²) in [6.45, 7) is 5.70. The van der Waals surface area contributed by atoms with E-state index in [1.807, 2.05) is 17.0 Å². The SMILES string of the molecule is CC1CCN(C(=O)c2ccc(N3Cc4ccc(Br)cc4C3)nc2)CC1. The number of benzene rings is 1. The van der Waals surface area contributed by atoms with Crippen LogP contribution in [0.2, 0.25) is 0 Å². The fraction of sp³-hybridized carbons (Fsp3) is 0.400. The Kier molecular flexibility index (Phi) is 4.50. The van der Waals surface area contributed by atoms with Gasteiger partial charge in [-0.25, -0.2) is 4.98 Å². The predicted octanol–water partition coefficient (Wildman–Crippen LogP) is 4.24. The molecule has 2 aliphatic heterocycles. The molecule has 1 aromatic carbocycles. The number of piperidine rings is 1. The van der Waals surface area contributed by atoms with E-state index in [9.17, 15) is 4.79 Å². The van der Waals surface area contributed by atoms with Crippen LogP contribution in [0.1, 0.15) is 41.3 Å². The average Bonchev–Trinajstić information content (AvgIpc) is 3.05. The summed E-state index contributed by atoms with van der Waals surface area (Å²) in [6.07, 6.45) is 3.92. The number of nitrogens with zero attached hydrogens (tertiary/aromatic N) is 3. The van der Waals surface area contributed by atoms with Gasteiger partial charge in [0.15, 0.2) is 0 Å². The molecule has 4 rings (SSSR count). The molecule has 4 nitrogen and oxygen atoms in total. The summed E-state index contributed by atoms with van der Waals surface area (Å²) in [6, 6.07) is 10.3. The lowest BCUT2D eigenvalue weighted by molar-refractivity contribution is 0.0697. The number of likely N-dealkylation sites (tertiary alicyclic amines) is 1. The number of amides is 1. The summed E-state index contributed by atoms with van der Waals surface area (Å²) in [5.74, 6) is 1.76. The lowest BCUT2D eigenvalue weighted by atomic mass is 9.99. The van der Waals surface area contributed by atoms with Gasteiger partial charge in [-0.1, -0.05) is 28.9 Å². The fourth-order valence-corrected chi connectivity index (χ4v) is 4.03. The van der Waals surface area contributed by atoms with E-state index >= 15 is 0 Å². The van der Waals surface area contributed by atoms with Crippen molar-refractivity contribution in [1.82, 2.24) is 9.88 Å². The number of halogens is 1. The van der Waals surface area contributed by atoms with Gasteiger partial charge in [-0.3, -0.25) is 4.79 Å². The van der Waals surface area contributed by atoms with E-state index in [0.29, 0.717) is 5.56 Å². The highest BCUT2D eigenvalue weighted by molar-refractivity contribution is 9.10. The lowest BCUT2D eigenvalue weighted by Gasteiger charge is -2.30. The standard InChI is InChI=1S/C20H22BrN3O/c1-14-6-8-23(9-7-14)20(25)15-3-5-19(22-11-15)24-12-16-2-4-18(21)10-17(16)13-24/h2-5,10-11,14H,6-9,12-13H2,1H3. The molecule has 0 unspecified atom stereocenters. The van der Waals surface area contributed by atoms with Crippen LogP contribution in [-0.2, 0) is 13.1 Å². The van der Waals surface area contributed by atoms with Gasteiger partial charge in [0.25, 0.3) is 5.91 Å². The third kappa shape index (κ3) is 3.43. The van der Waals surface area contributed by atoms with Crippen LogP contribution >= 0.6 is 15.9 Å². The summed E-state index contributed by atoms with van der Waals surface area (Å²) in [5.41, 5.74) is 3.36. The molecule has 5 heteroatoms. The highest BCUT2D eigenvalue weighted by atomic mass is 79.9. The van der Waals surface area contributed by atoms with Crippen LogP contribution in [0.5, 0.6) is 0 Å². The third-order valence-corrected chi connectivity index (χ3v) is 5.77. The first kappa shape index (κ1) is 16.6. The van der Waals surface area contributed by atoms with Gasteiger partial charge in [0.05, 0.1) is 5.56 Å². The quantitative estimate of drug-likeness (QED) is 0.757. The molecule has 0 aliphatic carbocycles. The van der Waals surface area contributed by atoms with Crippen molar-refractivity contribution in [3.63, 3.8) is 0 Å². The molecule has 2 aliphatic rings. The van der Waals surface area contributed by atoms with Gasteiger partial charge < -0.3 is 9.80 Å². The van der Waals surface area contributed by atoms with Gasteiger partial charge in [-0.15, -0.1) is 0 Å². The van der Waals surface area contributed by atoms with Crippen molar-refractivity contribution in [2.45, 2.75) is 32.9 Å². The van der Waals surface area contributed by atoms with Crippen LogP contribution in [0.15, 0.2) is 41.0 Å². The minimum Gasteiger partial charge on any atom is -0.348 e. The Morgan fingerprint density at radius 3 is 2.60 bits per heavy atom. The van der Waals surface area contributed by atoms with Gasteiger partial charge in [0.1, 0.15) is 5.82 Å². The minimum atomic E-state index is 0.111. The van der Waals surface area contributed by atoms with E-state index in [1.54, 1.807) is 6.20 Å². The Morgan fingerprint density at radius 1 is 1.12 bits per heavy atom. The average molecular weight is 400 g/mol. The molecule has 0 spiro atoms. The number of pyridine rings is 1. The van der Waals surface area contributed by atoms with E-state index < -0.39 is 0 Å². The van der Waals surface area contributed by atoms with Gasteiger partial charge >= 0.3 is 0 Å². The summed E-state index contributed by atoms with van der Waals surface area (Å²) in [7, 11) is 0. The monoisotopic (exact) mass is 399 g/mol. The molecule has 0 atom stereocenters. The van der Waals surface area contributed by atoms with Gasteiger partial charge in [0.2, 0.25) is 0 Å². The number of carbonyl (C=O) groups is 1. The molecule has 1 aromatic heterocycles. The van der Waals surface area contributed by atoms with Crippen LogP contribution in [-0.4, -0.2) is 28.9 Å². The zero-order valence-electron chi connectivity index (χ0n) is 14.4. The maximum absolute atomic E-state index is 12.6. The third-order valence-electron chi connectivity index (χ3n) is 5.28. The Balaban J connectivity index is 1.45. The van der Waals surface area contributed by atoms with E-state index in [-0.39, 0.29) is 5.91 Å². The summed E-state index contributed by atoms with van der Waals surface area (Å²) in [5, 5.41) is 0. The first-order valence-electron chi connectivity index (χ1n) is 8.88. The van der Waals surface area contributed by atoms with Gasteiger partial charge in [-0.05, 0) is 54.2 Å². The first-order chi connectivity index (χ1) is 12.1. The molecule has 0 bridgehead atoms. The van der Waals surface area contributed by atoms with Crippen molar-refractivity contribution in [3.05, 3.63) is 57.7 Å². The van der Waals surface area contributed by atoms with Crippen molar-refractivity contribution >= 4 is 27.7 Å². The topological polar surface area (TPSA) is 36.4 Å². The maximum atomic E-state index is 12.6. The summed E-state index contributed by atoms with van der Waals surface area (Å²) >= 11 is 3.53. The Hall–Kier alpha value is -1.88. The second kappa shape index (κ2) is 6.79. The predicted molar refractivity (Wildman–Crippen MR) is 103 cm³/mol. The molecule has 130 valence electrons. The van der Waals surface area contributed by atoms with E-state index in [4.69, 9.17) is 0 Å². The molecule has 1 amide bonds.